The molecule has 2 aliphatic heterocycles. The smallest absolute Gasteiger partial charge is 0.355 e. The van der Waals surface area contributed by atoms with Crippen molar-refractivity contribution in [1.82, 2.24) is 29.6 Å². The van der Waals surface area contributed by atoms with Crippen LogP contribution in [0.15, 0.2) is 30.7 Å². The Morgan fingerprint density at radius 3 is 2.49 bits per heavy atom. The van der Waals surface area contributed by atoms with Crippen molar-refractivity contribution in [2.75, 3.05) is 24.5 Å². The van der Waals surface area contributed by atoms with Gasteiger partial charge >= 0.3 is 6.18 Å². The molecule has 5 heterocycles. The minimum Gasteiger partial charge on any atom is -0.355 e. The molecule has 2 saturated heterocycles. The van der Waals surface area contributed by atoms with E-state index < -0.39 is 24.7 Å². The second-order valence-corrected chi connectivity index (χ2v) is 9.10. The number of halogens is 5. The van der Waals surface area contributed by atoms with Gasteiger partial charge in [-0.3, -0.25) is 9.78 Å². The van der Waals surface area contributed by atoms with E-state index in [1.165, 1.54) is 12.3 Å². The van der Waals surface area contributed by atoms with Gasteiger partial charge in [-0.25, -0.2) is 23.4 Å². The van der Waals surface area contributed by atoms with Gasteiger partial charge in [0.05, 0.1) is 30.2 Å². The normalized spacial score (nSPS) is 18.4. The third-order valence-corrected chi connectivity index (χ3v) is 6.70. The Labute approximate surface area is 196 Å². The van der Waals surface area contributed by atoms with Crippen molar-refractivity contribution in [3.05, 3.63) is 42.0 Å². The van der Waals surface area contributed by atoms with E-state index in [9.17, 15) is 26.7 Å². The molecule has 0 atom stereocenters. The molecule has 8 nitrogen and oxygen atoms in total. The lowest BCUT2D eigenvalue weighted by atomic mass is 9.77. The number of carbonyl (C=O) groups excluding carboxylic acids is 1. The van der Waals surface area contributed by atoms with Crippen LogP contribution in [0.1, 0.15) is 30.5 Å². The second-order valence-electron chi connectivity index (χ2n) is 9.10. The minimum absolute atomic E-state index is 0.0442. The van der Waals surface area contributed by atoms with Gasteiger partial charge in [0.2, 0.25) is 5.91 Å². The number of rotatable bonds is 5. The largest absolute Gasteiger partial charge is 0.417 e. The number of hydrogen-bond acceptors (Lipinski definition) is 6. The average molecular weight is 495 g/mol. The van der Waals surface area contributed by atoms with Crippen molar-refractivity contribution in [2.45, 2.75) is 45.0 Å². The standard InChI is InChI=1S/C22H22F5N7O/c23-17(24)12-34-20-16(9-30-34)29-10-18(31-20)32-5-3-21(4-6-32)7-19(35)33(13-21)11-15-2-1-14(8-28-15)22(25,26)27/h1-2,8-10,17H,3-7,11-13H2. The van der Waals surface area contributed by atoms with Gasteiger partial charge < -0.3 is 9.80 Å². The molecule has 2 fully saturated rings. The number of alkyl halides is 5. The van der Waals surface area contributed by atoms with Gasteiger partial charge in [-0.05, 0) is 25.0 Å². The maximum Gasteiger partial charge on any atom is 0.417 e. The Hall–Kier alpha value is -3.38. The number of hydrogen-bond donors (Lipinski definition) is 0. The van der Waals surface area contributed by atoms with Crippen LogP contribution in [-0.4, -0.2) is 61.6 Å². The molecule has 0 aliphatic carbocycles. The van der Waals surface area contributed by atoms with E-state index in [1.807, 2.05) is 4.90 Å². The molecule has 1 spiro atoms. The van der Waals surface area contributed by atoms with Crippen LogP contribution in [0.2, 0.25) is 0 Å². The fourth-order valence-corrected chi connectivity index (χ4v) is 4.81. The molecule has 0 unspecified atom stereocenters. The van der Waals surface area contributed by atoms with Gasteiger partial charge in [-0.15, -0.1) is 0 Å². The van der Waals surface area contributed by atoms with E-state index in [4.69, 9.17) is 0 Å². The quantitative estimate of drug-likeness (QED) is 0.504. The number of pyridine rings is 1. The van der Waals surface area contributed by atoms with Crippen molar-refractivity contribution < 1.29 is 26.7 Å². The molecule has 0 aromatic carbocycles. The van der Waals surface area contributed by atoms with Crippen LogP contribution in [-0.2, 0) is 24.1 Å². The van der Waals surface area contributed by atoms with E-state index in [1.54, 1.807) is 11.1 Å². The first-order chi connectivity index (χ1) is 16.6. The molecule has 0 radical (unpaired) electrons. The second kappa shape index (κ2) is 8.68. The number of nitrogens with zero attached hydrogens (tertiary/aromatic N) is 7. The lowest BCUT2D eigenvalue weighted by molar-refractivity contribution is -0.138. The molecule has 13 heteroatoms. The van der Waals surface area contributed by atoms with Crippen molar-refractivity contribution in [2.24, 2.45) is 5.41 Å². The first kappa shape index (κ1) is 23.4. The SMILES string of the molecule is O=C1CC2(CCN(c3cnc4cnn(CC(F)F)c4n3)CC2)CN1Cc1ccc(C(F)(F)F)cn1. The summed E-state index contributed by atoms with van der Waals surface area (Å²) in [7, 11) is 0. The van der Waals surface area contributed by atoms with Crippen LogP contribution in [0.5, 0.6) is 0 Å². The van der Waals surface area contributed by atoms with Crippen LogP contribution in [0.4, 0.5) is 27.8 Å². The summed E-state index contributed by atoms with van der Waals surface area (Å²) < 4.78 is 65.1. The molecule has 5 rings (SSSR count). The van der Waals surface area contributed by atoms with Crippen LogP contribution in [0.25, 0.3) is 11.2 Å². The van der Waals surface area contributed by atoms with E-state index >= 15 is 0 Å². The number of aromatic nitrogens is 5. The zero-order valence-electron chi connectivity index (χ0n) is 18.5. The van der Waals surface area contributed by atoms with Crippen LogP contribution in [0, 0.1) is 5.41 Å². The predicted octanol–water partition coefficient (Wildman–Crippen LogP) is 3.52. The Morgan fingerprint density at radius 1 is 1.06 bits per heavy atom. The molecule has 0 N–H and O–H groups in total. The maximum absolute atomic E-state index is 12.8. The monoisotopic (exact) mass is 495 g/mol. The molecule has 1 amide bonds. The van der Waals surface area contributed by atoms with Crippen molar-refractivity contribution in [1.29, 1.82) is 0 Å². The molecular weight excluding hydrogens is 473 g/mol. The average Bonchev–Trinajstić information content (AvgIpc) is 3.33. The summed E-state index contributed by atoms with van der Waals surface area (Å²) in [6.07, 6.45) is -1.43. The summed E-state index contributed by atoms with van der Waals surface area (Å²) >= 11 is 0. The van der Waals surface area contributed by atoms with E-state index in [-0.39, 0.29) is 17.9 Å². The highest BCUT2D eigenvalue weighted by atomic mass is 19.4. The van der Waals surface area contributed by atoms with Gasteiger partial charge in [0.1, 0.15) is 17.9 Å². The molecule has 35 heavy (non-hydrogen) atoms. The summed E-state index contributed by atoms with van der Waals surface area (Å²) in [5, 5.41) is 3.94. The van der Waals surface area contributed by atoms with Crippen LogP contribution < -0.4 is 4.90 Å². The first-order valence-electron chi connectivity index (χ1n) is 11.1. The molecular formula is C22H22F5N7O. The highest BCUT2D eigenvalue weighted by Gasteiger charge is 2.45. The molecule has 3 aromatic heterocycles. The summed E-state index contributed by atoms with van der Waals surface area (Å²) in [6, 6.07) is 2.28. The summed E-state index contributed by atoms with van der Waals surface area (Å²) in [5.41, 5.74) is 0.0985. The van der Waals surface area contributed by atoms with E-state index in [0.29, 0.717) is 61.6 Å². The molecule has 2 aliphatic rings. The Kier molecular flexibility index (Phi) is 5.80. The molecule has 3 aromatic rings. The van der Waals surface area contributed by atoms with Gasteiger partial charge in [0, 0.05) is 37.7 Å². The third-order valence-electron chi connectivity index (χ3n) is 6.70. The zero-order valence-corrected chi connectivity index (χ0v) is 18.5. The lowest BCUT2D eigenvalue weighted by Crippen LogP contribution is -2.42. The van der Waals surface area contributed by atoms with Gasteiger partial charge in [0.15, 0.2) is 5.65 Å². The number of fused-ring (bicyclic) bond motifs is 1. The van der Waals surface area contributed by atoms with Crippen LogP contribution in [0.3, 0.4) is 0 Å². The molecule has 0 bridgehead atoms. The van der Waals surface area contributed by atoms with Gasteiger partial charge in [-0.2, -0.15) is 18.3 Å². The Morgan fingerprint density at radius 2 is 1.83 bits per heavy atom. The highest BCUT2D eigenvalue weighted by molar-refractivity contribution is 5.79. The van der Waals surface area contributed by atoms with Crippen molar-refractivity contribution in [3.63, 3.8) is 0 Å². The van der Waals surface area contributed by atoms with Crippen LogP contribution >= 0.6 is 0 Å². The number of piperidine rings is 1. The van der Waals surface area contributed by atoms with E-state index in [0.717, 1.165) is 16.9 Å². The predicted molar refractivity (Wildman–Crippen MR) is 114 cm³/mol. The molecule has 0 saturated carbocycles. The summed E-state index contributed by atoms with van der Waals surface area (Å²) in [4.78, 5) is 29.0. The Bertz CT molecular complexity index is 1220. The highest BCUT2D eigenvalue weighted by Crippen LogP contribution is 2.42. The third kappa shape index (κ3) is 4.76. The number of likely N-dealkylation sites (tertiary alicyclic amines) is 1. The number of anilines is 1. The first-order valence-corrected chi connectivity index (χ1v) is 11.1. The fourth-order valence-electron chi connectivity index (χ4n) is 4.81. The number of carbonyl (C=O) groups is 1. The minimum atomic E-state index is -4.45. The van der Waals surface area contributed by atoms with E-state index in [2.05, 4.69) is 20.1 Å². The fraction of sp³-hybridized carbons (Fsp3) is 0.500. The molecule has 186 valence electrons. The van der Waals surface area contributed by atoms with Crippen molar-refractivity contribution in [3.8, 4) is 0 Å². The van der Waals surface area contributed by atoms with Gasteiger partial charge in [0.25, 0.3) is 6.43 Å². The summed E-state index contributed by atoms with van der Waals surface area (Å²) in [6.45, 7) is 1.34. The Balaban J connectivity index is 1.23. The lowest BCUT2D eigenvalue weighted by Gasteiger charge is -2.39. The zero-order chi connectivity index (χ0) is 24.8. The maximum atomic E-state index is 12.8. The van der Waals surface area contributed by atoms with Crippen molar-refractivity contribution >= 4 is 22.9 Å². The topological polar surface area (TPSA) is 80.0 Å². The van der Waals surface area contributed by atoms with Gasteiger partial charge in [-0.1, -0.05) is 0 Å². The number of amides is 1. The summed E-state index contributed by atoms with van der Waals surface area (Å²) in [5.74, 6) is 0.524.